The van der Waals surface area contributed by atoms with Crippen molar-refractivity contribution in [2.24, 2.45) is 0 Å². The predicted octanol–water partition coefficient (Wildman–Crippen LogP) is 3.50. The third kappa shape index (κ3) is 4.95. The Morgan fingerprint density at radius 1 is 1.00 bits per heavy atom. The zero-order valence-corrected chi connectivity index (χ0v) is 11.0. The smallest absolute Gasteiger partial charge is 0.126 e. The summed E-state index contributed by atoms with van der Waals surface area (Å²) in [5, 5.41) is 3.30. The molecule has 0 aromatic carbocycles. The molecule has 4 heteroatoms. The summed E-state index contributed by atoms with van der Waals surface area (Å²) in [6.45, 7) is 0. The number of halogens is 1. The summed E-state index contributed by atoms with van der Waals surface area (Å²) in [7, 11) is 0. The molecular weight excluding hydrogens is 278 g/mol. The van der Waals surface area contributed by atoms with E-state index in [0.717, 1.165) is 10.4 Å². The SMILES string of the molecule is Brc1ccccn1.c1ccc(NC2CC2)nc1. The van der Waals surface area contributed by atoms with Crippen molar-refractivity contribution in [2.75, 3.05) is 5.32 Å². The summed E-state index contributed by atoms with van der Waals surface area (Å²) >= 11 is 3.20. The van der Waals surface area contributed by atoms with Gasteiger partial charge in [-0.15, -0.1) is 0 Å². The fourth-order valence-electron chi connectivity index (χ4n) is 1.23. The normalized spacial score (nSPS) is 13.5. The van der Waals surface area contributed by atoms with Crippen LogP contribution in [0.3, 0.4) is 0 Å². The van der Waals surface area contributed by atoms with E-state index in [2.05, 4.69) is 31.2 Å². The Balaban J connectivity index is 0.000000136. The number of pyridine rings is 2. The average Bonchev–Trinajstić information content (AvgIpc) is 3.16. The molecule has 1 aliphatic carbocycles. The van der Waals surface area contributed by atoms with Gasteiger partial charge in [0.1, 0.15) is 10.4 Å². The van der Waals surface area contributed by atoms with Gasteiger partial charge in [0.2, 0.25) is 0 Å². The summed E-state index contributed by atoms with van der Waals surface area (Å²) in [5.74, 6) is 1.00. The summed E-state index contributed by atoms with van der Waals surface area (Å²) in [4.78, 5) is 8.04. The second-order valence-corrected chi connectivity index (χ2v) is 4.60. The molecular formula is C13H14BrN3. The van der Waals surface area contributed by atoms with Crippen LogP contribution in [0.25, 0.3) is 0 Å². The van der Waals surface area contributed by atoms with Gasteiger partial charge in [0.25, 0.3) is 0 Å². The largest absolute Gasteiger partial charge is 0.367 e. The van der Waals surface area contributed by atoms with Gasteiger partial charge in [0.05, 0.1) is 0 Å². The van der Waals surface area contributed by atoms with Gasteiger partial charge in [-0.25, -0.2) is 9.97 Å². The monoisotopic (exact) mass is 291 g/mol. The van der Waals surface area contributed by atoms with Crippen molar-refractivity contribution in [3.05, 3.63) is 53.4 Å². The molecule has 0 aliphatic heterocycles. The Hall–Kier alpha value is -1.42. The van der Waals surface area contributed by atoms with Crippen molar-refractivity contribution in [1.82, 2.24) is 9.97 Å². The quantitative estimate of drug-likeness (QED) is 0.861. The molecule has 0 saturated heterocycles. The van der Waals surface area contributed by atoms with Crippen LogP contribution < -0.4 is 5.32 Å². The van der Waals surface area contributed by atoms with Crippen molar-refractivity contribution in [2.45, 2.75) is 18.9 Å². The molecule has 0 radical (unpaired) electrons. The number of anilines is 1. The molecule has 0 atom stereocenters. The van der Waals surface area contributed by atoms with E-state index in [1.54, 1.807) is 6.20 Å². The molecule has 1 saturated carbocycles. The Bertz CT molecular complexity index is 429. The molecule has 1 N–H and O–H groups in total. The molecule has 88 valence electrons. The topological polar surface area (TPSA) is 37.8 Å². The first-order valence-corrected chi connectivity index (χ1v) is 6.38. The lowest BCUT2D eigenvalue weighted by atomic mass is 10.4. The molecule has 3 rings (SSSR count). The highest BCUT2D eigenvalue weighted by molar-refractivity contribution is 9.10. The number of nitrogens with zero attached hydrogens (tertiary/aromatic N) is 2. The molecule has 1 aliphatic rings. The summed E-state index contributed by atoms with van der Waals surface area (Å²) in [5.41, 5.74) is 0. The summed E-state index contributed by atoms with van der Waals surface area (Å²) in [6, 6.07) is 12.3. The fourth-order valence-corrected chi connectivity index (χ4v) is 1.50. The highest BCUT2D eigenvalue weighted by Gasteiger charge is 2.20. The molecule has 2 heterocycles. The molecule has 2 aromatic rings. The van der Waals surface area contributed by atoms with Crippen LogP contribution in [-0.4, -0.2) is 16.0 Å². The third-order valence-electron chi connectivity index (χ3n) is 2.22. The molecule has 0 unspecified atom stereocenters. The molecule has 3 nitrogen and oxygen atoms in total. The lowest BCUT2D eigenvalue weighted by Crippen LogP contribution is -2.01. The minimum atomic E-state index is 0.704. The van der Waals surface area contributed by atoms with Crippen LogP contribution in [0.15, 0.2) is 53.4 Å². The summed E-state index contributed by atoms with van der Waals surface area (Å²) < 4.78 is 0.884. The van der Waals surface area contributed by atoms with Crippen LogP contribution in [0.5, 0.6) is 0 Å². The van der Waals surface area contributed by atoms with Gasteiger partial charge >= 0.3 is 0 Å². The predicted molar refractivity (Wildman–Crippen MR) is 72.8 cm³/mol. The standard InChI is InChI=1S/C8H10N2.C5H4BrN/c1-2-6-9-8(3-1)10-7-4-5-7;6-5-3-1-2-4-7-5/h1-3,6-7H,4-5H2,(H,9,10);1-4H. The Labute approximate surface area is 109 Å². The number of hydrogen-bond acceptors (Lipinski definition) is 3. The Morgan fingerprint density at radius 2 is 1.71 bits per heavy atom. The zero-order valence-electron chi connectivity index (χ0n) is 9.38. The van der Waals surface area contributed by atoms with E-state index in [1.165, 1.54) is 12.8 Å². The number of hydrogen-bond donors (Lipinski definition) is 1. The molecule has 2 aromatic heterocycles. The van der Waals surface area contributed by atoms with Gasteiger partial charge < -0.3 is 5.32 Å². The summed E-state index contributed by atoms with van der Waals surface area (Å²) in [6.07, 6.45) is 6.15. The lowest BCUT2D eigenvalue weighted by Gasteiger charge is -1.99. The van der Waals surface area contributed by atoms with Crippen LogP contribution >= 0.6 is 15.9 Å². The van der Waals surface area contributed by atoms with Crippen molar-refractivity contribution in [1.29, 1.82) is 0 Å². The van der Waals surface area contributed by atoms with Gasteiger partial charge in [-0.3, -0.25) is 0 Å². The van der Waals surface area contributed by atoms with E-state index >= 15 is 0 Å². The van der Waals surface area contributed by atoms with Gasteiger partial charge in [-0.1, -0.05) is 12.1 Å². The molecule has 0 amide bonds. The van der Waals surface area contributed by atoms with Gasteiger partial charge in [0, 0.05) is 18.4 Å². The molecule has 0 spiro atoms. The van der Waals surface area contributed by atoms with E-state index < -0.39 is 0 Å². The van der Waals surface area contributed by atoms with E-state index in [0.29, 0.717) is 6.04 Å². The zero-order chi connectivity index (χ0) is 11.9. The molecule has 17 heavy (non-hydrogen) atoms. The van der Waals surface area contributed by atoms with Gasteiger partial charge in [-0.05, 0) is 53.0 Å². The first kappa shape index (κ1) is 12.0. The van der Waals surface area contributed by atoms with Crippen LogP contribution in [-0.2, 0) is 0 Å². The minimum absolute atomic E-state index is 0.704. The first-order valence-electron chi connectivity index (χ1n) is 5.59. The van der Waals surface area contributed by atoms with Crippen molar-refractivity contribution in [3.63, 3.8) is 0 Å². The lowest BCUT2D eigenvalue weighted by molar-refractivity contribution is 1.11. The number of aromatic nitrogens is 2. The third-order valence-corrected chi connectivity index (χ3v) is 2.69. The van der Waals surface area contributed by atoms with E-state index in [-0.39, 0.29) is 0 Å². The second kappa shape index (κ2) is 6.35. The van der Waals surface area contributed by atoms with Crippen LogP contribution in [0.1, 0.15) is 12.8 Å². The Kier molecular flexibility index (Phi) is 4.50. The van der Waals surface area contributed by atoms with Crippen molar-refractivity contribution < 1.29 is 0 Å². The minimum Gasteiger partial charge on any atom is -0.367 e. The average molecular weight is 292 g/mol. The van der Waals surface area contributed by atoms with Crippen LogP contribution in [0, 0.1) is 0 Å². The maximum Gasteiger partial charge on any atom is 0.126 e. The molecule has 0 bridgehead atoms. The fraction of sp³-hybridized carbons (Fsp3) is 0.231. The Morgan fingerprint density at radius 3 is 2.12 bits per heavy atom. The van der Waals surface area contributed by atoms with Gasteiger partial charge in [-0.2, -0.15) is 0 Å². The van der Waals surface area contributed by atoms with Crippen molar-refractivity contribution in [3.8, 4) is 0 Å². The highest BCUT2D eigenvalue weighted by atomic mass is 79.9. The first-order chi connectivity index (χ1) is 8.34. The van der Waals surface area contributed by atoms with Crippen LogP contribution in [0.2, 0.25) is 0 Å². The van der Waals surface area contributed by atoms with Gasteiger partial charge in [0.15, 0.2) is 0 Å². The number of rotatable bonds is 2. The highest BCUT2D eigenvalue weighted by Crippen LogP contribution is 2.22. The maximum absolute atomic E-state index is 4.15. The van der Waals surface area contributed by atoms with E-state index in [4.69, 9.17) is 0 Å². The molecule has 1 fully saturated rings. The van der Waals surface area contributed by atoms with E-state index in [9.17, 15) is 0 Å². The second-order valence-electron chi connectivity index (χ2n) is 3.79. The van der Waals surface area contributed by atoms with Crippen molar-refractivity contribution >= 4 is 21.7 Å². The number of nitrogens with one attached hydrogen (secondary N) is 1. The van der Waals surface area contributed by atoms with Crippen LogP contribution in [0.4, 0.5) is 5.82 Å². The van der Waals surface area contributed by atoms with E-state index in [1.807, 2.05) is 42.6 Å². The maximum atomic E-state index is 4.15.